The molecule has 0 radical (unpaired) electrons. The minimum atomic E-state index is -0.293. The normalized spacial score (nSPS) is 10.8. The van der Waals surface area contributed by atoms with Crippen LogP contribution in [-0.4, -0.2) is 10.9 Å². The van der Waals surface area contributed by atoms with Gasteiger partial charge in [0.25, 0.3) is 5.91 Å². The van der Waals surface area contributed by atoms with Crippen LogP contribution in [0.2, 0.25) is 0 Å². The van der Waals surface area contributed by atoms with E-state index in [4.69, 9.17) is 4.98 Å². The van der Waals surface area contributed by atoms with Crippen molar-refractivity contribution in [2.75, 3.05) is 0 Å². The van der Waals surface area contributed by atoms with Crippen LogP contribution in [0.1, 0.15) is 21.5 Å². The van der Waals surface area contributed by atoms with Crippen molar-refractivity contribution in [2.45, 2.75) is 13.5 Å². The summed E-state index contributed by atoms with van der Waals surface area (Å²) in [6, 6.07) is 23.6. The Bertz CT molecular complexity index is 1150. The molecule has 0 saturated carbocycles. The monoisotopic (exact) mass is 370 g/mol. The van der Waals surface area contributed by atoms with Crippen molar-refractivity contribution in [1.29, 1.82) is 0 Å². The number of aryl methyl sites for hydroxylation is 1. The number of halogens is 1. The van der Waals surface area contributed by atoms with E-state index in [1.807, 2.05) is 61.5 Å². The van der Waals surface area contributed by atoms with Crippen molar-refractivity contribution in [3.8, 4) is 11.3 Å². The summed E-state index contributed by atoms with van der Waals surface area (Å²) in [5.41, 5.74) is 5.06. The first-order chi connectivity index (χ1) is 13.6. The number of nitrogens with one attached hydrogen (secondary N) is 1. The molecular formula is C24H19FN2O. The molecule has 0 bridgehead atoms. The first kappa shape index (κ1) is 17.9. The molecule has 3 nitrogen and oxygen atoms in total. The van der Waals surface area contributed by atoms with Gasteiger partial charge in [0, 0.05) is 17.5 Å². The van der Waals surface area contributed by atoms with E-state index in [-0.39, 0.29) is 11.7 Å². The molecule has 4 heteroatoms. The van der Waals surface area contributed by atoms with E-state index in [0.29, 0.717) is 12.1 Å². The van der Waals surface area contributed by atoms with Crippen LogP contribution >= 0.6 is 0 Å². The quantitative estimate of drug-likeness (QED) is 0.531. The summed E-state index contributed by atoms with van der Waals surface area (Å²) in [7, 11) is 0. The lowest BCUT2D eigenvalue weighted by Gasteiger charge is -2.12. The highest BCUT2D eigenvalue weighted by molar-refractivity contribution is 6.07. The van der Waals surface area contributed by atoms with Crippen molar-refractivity contribution in [1.82, 2.24) is 10.3 Å². The number of fused-ring (bicyclic) bond motifs is 1. The zero-order valence-electron chi connectivity index (χ0n) is 15.4. The number of pyridine rings is 1. The zero-order chi connectivity index (χ0) is 19.5. The van der Waals surface area contributed by atoms with Crippen LogP contribution in [-0.2, 0) is 6.54 Å². The molecule has 0 fully saturated rings. The van der Waals surface area contributed by atoms with E-state index >= 15 is 0 Å². The van der Waals surface area contributed by atoms with Crippen LogP contribution in [0.25, 0.3) is 22.2 Å². The molecule has 4 rings (SSSR count). The Labute approximate surface area is 162 Å². The third kappa shape index (κ3) is 3.62. The molecule has 0 saturated heterocycles. The molecule has 0 spiro atoms. The van der Waals surface area contributed by atoms with Crippen LogP contribution in [0.4, 0.5) is 4.39 Å². The molecule has 1 aromatic heterocycles. The summed E-state index contributed by atoms with van der Waals surface area (Å²) in [6.45, 7) is 2.36. The largest absolute Gasteiger partial charge is 0.348 e. The number of carbonyl (C=O) groups excluding carboxylic acids is 1. The fourth-order valence-electron chi connectivity index (χ4n) is 3.24. The first-order valence-electron chi connectivity index (χ1n) is 9.10. The molecule has 1 amide bonds. The average Bonchev–Trinajstić information content (AvgIpc) is 2.72. The van der Waals surface area contributed by atoms with Gasteiger partial charge in [-0.1, -0.05) is 54.6 Å². The summed E-state index contributed by atoms with van der Waals surface area (Å²) in [5, 5.41) is 3.73. The average molecular weight is 370 g/mol. The highest BCUT2D eigenvalue weighted by Gasteiger charge is 2.14. The SMILES string of the molecule is Cc1ccccc1-c1cc(C(=O)NCc2ccc(F)cc2)c2ccccc2n1. The highest BCUT2D eigenvalue weighted by Crippen LogP contribution is 2.27. The molecule has 4 aromatic rings. The number of aromatic nitrogens is 1. The molecular weight excluding hydrogens is 351 g/mol. The Morgan fingerprint density at radius 1 is 0.964 bits per heavy atom. The van der Waals surface area contributed by atoms with Gasteiger partial charge in [0.05, 0.1) is 16.8 Å². The maximum absolute atomic E-state index is 13.1. The summed E-state index contributed by atoms with van der Waals surface area (Å²) in [5.74, 6) is -0.476. The van der Waals surface area contributed by atoms with E-state index in [2.05, 4.69) is 5.32 Å². The van der Waals surface area contributed by atoms with Crippen LogP contribution in [0.5, 0.6) is 0 Å². The van der Waals surface area contributed by atoms with Crippen molar-refractivity contribution in [3.63, 3.8) is 0 Å². The second kappa shape index (κ2) is 7.61. The fraction of sp³-hybridized carbons (Fsp3) is 0.0833. The van der Waals surface area contributed by atoms with E-state index in [9.17, 15) is 9.18 Å². The lowest BCUT2D eigenvalue weighted by molar-refractivity contribution is 0.0952. The number of carbonyl (C=O) groups is 1. The van der Waals surface area contributed by atoms with Crippen molar-refractivity contribution >= 4 is 16.8 Å². The summed E-state index contributed by atoms with van der Waals surface area (Å²) in [6.07, 6.45) is 0. The number of hydrogen-bond acceptors (Lipinski definition) is 2. The molecule has 1 N–H and O–H groups in total. The van der Waals surface area contributed by atoms with Gasteiger partial charge < -0.3 is 5.32 Å². The number of para-hydroxylation sites is 1. The second-order valence-corrected chi connectivity index (χ2v) is 6.70. The van der Waals surface area contributed by atoms with E-state index in [0.717, 1.165) is 33.3 Å². The van der Waals surface area contributed by atoms with E-state index < -0.39 is 0 Å². The van der Waals surface area contributed by atoms with Gasteiger partial charge in [0.1, 0.15) is 5.82 Å². The van der Waals surface area contributed by atoms with E-state index in [1.54, 1.807) is 12.1 Å². The number of hydrogen-bond donors (Lipinski definition) is 1. The Hall–Kier alpha value is -3.53. The number of amides is 1. The van der Waals surface area contributed by atoms with Crippen LogP contribution in [0.15, 0.2) is 78.9 Å². The molecule has 138 valence electrons. The molecule has 0 aliphatic carbocycles. The minimum absolute atomic E-state index is 0.183. The maximum atomic E-state index is 13.1. The van der Waals surface area contributed by atoms with Crippen molar-refractivity contribution in [3.05, 3.63) is 101 Å². The predicted octanol–water partition coefficient (Wildman–Crippen LogP) is 5.28. The Morgan fingerprint density at radius 3 is 2.46 bits per heavy atom. The van der Waals surface area contributed by atoms with Gasteiger partial charge in [-0.15, -0.1) is 0 Å². The van der Waals surface area contributed by atoms with E-state index in [1.165, 1.54) is 12.1 Å². The van der Waals surface area contributed by atoms with Crippen LogP contribution in [0, 0.1) is 12.7 Å². The molecule has 0 aliphatic rings. The Morgan fingerprint density at radius 2 is 1.68 bits per heavy atom. The molecule has 1 heterocycles. The molecule has 0 unspecified atom stereocenters. The third-order valence-electron chi connectivity index (χ3n) is 4.75. The lowest BCUT2D eigenvalue weighted by atomic mass is 10.0. The van der Waals surface area contributed by atoms with Gasteiger partial charge in [-0.2, -0.15) is 0 Å². The number of rotatable bonds is 4. The summed E-state index contributed by atoms with van der Waals surface area (Å²) < 4.78 is 13.1. The second-order valence-electron chi connectivity index (χ2n) is 6.70. The molecule has 3 aromatic carbocycles. The topological polar surface area (TPSA) is 42.0 Å². The standard InChI is InChI=1S/C24H19FN2O/c1-16-6-2-3-7-19(16)23-14-21(20-8-4-5-9-22(20)27-23)24(28)26-15-17-10-12-18(25)13-11-17/h2-14H,15H2,1H3,(H,26,28). The Kier molecular flexibility index (Phi) is 4.85. The van der Waals surface area contributed by atoms with Crippen molar-refractivity contribution in [2.24, 2.45) is 0 Å². The third-order valence-corrected chi connectivity index (χ3v) is 4.75. The highest BCUT2D eigenvalue weighted by atomic mass is 19.1. The molecule has 0 aliphatic heterocycles. The minimum Gasteiger partial charge on any atom is -0.348 e. The molecule has 0 atom stereocenters. The zero-order valence-corrected chi connectivity index (χ0v) is 15.4. The van der Waals surface area contributed by atoms with Gasteiger partial charge in [0.15, 0.2) is 0 Å². The van der Waals surface area contributed by atoms with Gasteiger partial charge >= 0.3 is 0 Å². The number of benzene rings is 3. The smallest absolute Gasteiger partial charge is 0.252 e. The lowest BCUT2D eigenvalue weighted by Crippen LogP contribution is -2.23. The van der Waals surface area contributed by atoms with Crippen LogP contribution < -0.4 is 5.32 Å². The first-order valence-corrected chi connectivity index (χ1v) is 9.10. The maximum Gasteiger partial charge on any atom is 0.252 e. The summed E-state index contributed by atoms with van der Waals surface area (Å²) >= 11 is 0. The molecule has 28 heavy (non-hydrogen) atoms. The fourth-order valence-corrected chi connectivity index (χ4v) is 3.24. The van der Waals surface area contributed by atoms with Gasteiger partial charge in [0.2, 0.25) is 0 Å². The summed E-state index contributed by atoms with van der Waals surface area (Å²) in [4.78, 5) is 17.7. The van der Waals surface area contributed by atoms with Gasteiger partial charge in [-0.05, 0) is 42.3 Å². The van der Waals surface area contributed by atoms with Crippen LogP contribution in [0.3, 0.4) is 0 Å². The van der Waals surface area contributed by atoms with Gasteiger partial charge in [-0.25, -0.2) is 9.37 Å². The number of nitrogens with zero attached hydrogens (tertiary/aromatic N) is 1. The predicted molar refractivity (Wildman–Crippen MR) is 109 cm³/mol. The van der Waals surface area contributed by atoms with Gasteiger partial charge in [-0.3, -0.25) is 4.79 Å². The Balaban J connectivity index is 1.71. The van der Waals surface area contributed by atoms with Crippen molar-refractivity contribution < 1.29 is 9.18 Å².